The van der Waals surface area contributed by atoms with Crippen molar-refractivity contribution >= 4 is 52.7 Å². The zero-order valence-corrected chi connectivity index (χ0v) is 59.8. The molecule has 94 heavy (non-hydrogen) atoms. The molecular weight excluding hydrogens is 1180 g/mol. The zero-order valence-electron chi connectivity index (χ0n) is 59.8. The van der Waals surface area contributed by atoms with E-state index in [1.54, 1.807) is 25.1 Å². The summed E-state index contributed by atoms with van der Waals surface area (Å²) in [6.07, 6.45) is 41.1. The van der Waals surface area contributed by atoms with E-state index < -0.39 is 11.7 Å². The Balaban J connectivity index is 0.000000228. The summed E-state index contributed by atoms with van der Waals surface area (Å²) in [5, 5.41) is 6.10. The Hall–Kier alpha value is -6.57. The van der Waals surface area contributed by atoms with E-state index in [4.69, 9.17) is 29.4 Å². The number of carbonyl (C=O) groups excluding carboxylic acids is 5. The van der Waals surface area contributed by atoms with Crippen molar-refractivity contribution < 1.29 is 47.7 Å². The molecule has 0 saturated heterocycles. The molecule has 4 aliphatic rings. The molecule has 0 radical (unpaired) electrons. The number of nitrogens with two attached hydrogens (primary N) is 1. The minimum Gasteiger partial charge on any atom is -0.462 e. The standard InChI is InChI=1S/C23H35NO4.C20H31NO2.C19H29NO2.C18H27NO2/c1-5-27-21(25)19-14-13-18(15-17-11-9-7-6-8-10-12-17)20(16-19)24-22(26)28-23(2,3)4;1-4-23-20(22)18-13-12-17(19(15-18)21(2)3)14-16-10-8-6-5-7-9-11-16;1-3-22-19(21)17-12-11-16(18(14-17)20-2)13-15-9-7-5-4-6-8-10-15;1-2-21-18(20)16-11-10-15(17(19)13-16)12-14-8-6-4-3-5-7-9-14/h13-14,16-17H,5-12,15H2,1-4H3,(H,24,26);12-13,15-16H,4-11,14H2,1-3H3;11-12,14-15,20H,3-10,13H2,1-2H3;10-11,13-14H,2-9,12,19H2,1H3. The number of ether oxygens (including phenoxy) is 5. The maximum atomic E-state index is 12.3. The van der Waals surface area contributed by atoms with Crippen LogP contribution in [0.4, 0.5) is 27.5 Å². The van der Waals surface area contributed by atoms with E-state index in [-0.39, 0.29) is 23.9 Å². The van der Waals surface area contributed by atoms with Gasteiger partial charge in [-0.3, -0.25) is 5.32 Å². The van der Waals surface area contributed by atoms with Crippen molar-refractivity contribution in [2.24, 2.45) is 23.7 Å². The van der Waals surface area contributed by atoms with Gasteiger partial charge in [0.25, 0.3) is 0 Å². The number of anilines is 4. The van der Waals surface area contributed by atoms with Crippen molar-refractivity contribution in [2.75, 3.05) is 68.8 Å². The average Bonchev–Trinajstić information content (AvgIpc) is 0.914. The van der Waals surface area contributed by atoms with Crippen LogP contribution in [0.15, 0.2) is 72.8 Å². The predicted octanol–water partition coefficient (Wildman–Crippen LogP) is 20.1. The zero-order chi connectivity index (χ0) is 68.1. The number of nitrogen functional groups attached to an aromatic ring is 1. The molecule has 0 bridgehead atoms. The third kappa shape index (κ3) is 29.2. The van der Waals surface area contributed by atoms with Gasteiger partial charge >= 0.3 is 30.0 Å². The van der Waals surface area contributed by atoms with Gasteiger partial charge in [-0.2, -0.15) is 0 Å². The molecule has 0 aromatic heterocycles. The molecule has 0 aliphatic heterocycles. The van der Waals surface area contributed by atoms with Crippen LogP contribution in [-0.4, -0.2) is 83.1 Å². The Morgan fingerprint density at radius 3 is 1.03 bits per heavy atom. The number of nitrogens with one attached hydrogen (secondary N) is 2. The first-order valence-corrected chi connectivity index (χ1v) is 36.7. The van der Waals surface area contributed by atoms with Gasteiger partial charge in [0.1, 0.15) is 5.60 Å². The molecule has 14 nitrogen and oxygen atoms in total. The Labute approximate surface area is 567 Å². The SMILES string of the molecule is CCOC(=O)c1ccc(CC2CCCCCCC2)c(N(C)C)c1.CCOC(=O)c1ccc(CC2CCCCCCC2)c(N)c1.CCOC(=O)c1ccc(CC2CCCCCCC2)c(NC(=O)OC(C)(C)C)c1.CCOC(=O)c1ccc(CC2CCCCCCC2)c(NC)c1. The van der Waals surface area contributed by atoms with Gasteiger partial charge < -0.3 is 39.6 Å². The molecule has 4 saturated carbocycles. The lowest BCUT2D eigenvalue weighted by molar-refractivity contribution is 0.0516. The van der Waals surface area contributed by atoms with Crippen molar-refractivity contribution in [3.8, 4) is 0 Å². The van der Waals surface area contributed by atoms with Crippen LogP contribution in [0, 0.1) is 23.7 Å². The smallest absolute Gasteiger partial charge is 0.412 e. The highest BCUT2D eigenvalue weighted by Crippen LogP contribution is 2.34. The van der Waals surface area contributed by atoms with Gasteiger partial charge in [0.2, 0.25) is 0 Å². The molecule has 522 valence electrons. The van der Waals surface area contributed by atoms with Crippen molar-refractivity contribution in [3.63, 3.8) is 0 Å². The molecule has 14 heteroatoms. The summed E-state index contributed by atoms with van der Waals surface area (Å²) in [5.74, 6) is 1.76. The molecule has 0 heterocycles. The van der Waals surface area contributed by atoms with E-state index >= 15 is 0 Å². The fourth-order valence-corrected chi connectivity index (χ4v) is 13.8. The lowest BCUT2D eigenvalue weighted by atomic mass is 9.86. The van der Waals surface area contributed by atoms with Gasteiger partial charge in [-0.15, -0.1) is 0 Å². The number of rotatable bonds is 19. The fraction of sp³-hybridized carbons (Fsp3) is 0.637. The summed E-state index contributed by atoms with van der Waals surface area (Å²) in [6, 6.07) is 23.0. The molecule has 8 rings (SSSR count). The third-order valence-electron chi connectivity index (χ3n) is 18.8. The molecule has 1 amide bonds. The molecule has 0 unspecified atom stereocenters. The fourth-order valence-electron chi connectivity index (χ4n) is 13.8. The van der Waals surface area contributed by atoms with Gasteiger partial charge in [0.15, 0.2) is 0 Å². The quantitative estimate of drug-likeness (QED) is 0.0458. The van der Waals surface area contributed by atoms with E-state index in [0.717, 1.165) is 66.1 Å². The van der Waals surface area contributed by atoms with Crippen LogP contribution < -0.4 is 21.3 Å². The van der Waals surface area contributed by atoms with Crippen LogP contribution in [0.3, 0.4) is 0 Å². The summed E-state index contributed by atoms with van der Waals surface area (Å²) in [7, 11) is 6.02. The number of amides is 1. The second-order valence-corrected chi connectivity index (χ2v) is 27.8. The number of hydrogen-bond donors (Lipinski definition) is 3. The van der Waals surface area contributed by atoms with Crippen molar-refractivity contribution in [1.82, 2.24) is 0 Å². The van der Waals surface area contributed by atoms with Crippen LogP contribution in [0.2, 0.25) is 0 Å². The molecule has 0 atom stereocenters. The van der Waals surface area contributed by atoms with E-state index in [1.165, 1.54) is 196 Å². The highest BCUT2D eigenvalue weighted by atomic mass is 16.6. The van der Waals surface area contributed by atoms with Crippen molar-refractivity contribution in [1.29, 1.82) is 0 Å². The molecule has 4 aliphatic carbocycles. The van der Waals surface area contributed by atoms with E-state index in [9.17, 15) is 24.0 Å². The minimum absolute atomic E-state index is 0.229. The third-order valence-corrected chi connectivity index (χ3v) is 18.8. The van der Waals surface area contributed by atoms with Crippen molar-refractivity contribution in [2.45, 2.75) is 260 Å². The molecular formula is C80H122N4O10. The Morgan fingerprint density at radius 1 is 0.415 bits per heavy atom. The summed E-state index contributed by atoms with van der Waals surface area (Å²) in [6.45, 7) is 14.3. The topological polar surface area (TPSA) is 185 Å². The second-order valence-electron chi connectivity index (χ2n) is 27.8. The van der Waals surface area contributed by atoms with Crippen LogP contribution in [-0.2, 0) is 49.4 Å². The van der Waals surface area contributed by atoms with Crippen LogP contribution >= 0.6 is 0 Å². The van der Waals surface area contributed by atoms with Crippen LogP contribution in [0.25, 0.3) is 0 Å². The van der Waals surface area contributed by atoms with Gasteiger partial charge in [-0.05, 0) is 169 Å². The van der Waals surface area contributed by atoms with Gasteiger partial charge in [-0.1, -0.05) is 204 Å². The summed E-state index contributed by atoms with van der Waals surface area (Å²) < 4.78 is 25.7. The van der Waals surface area contributed by atoms with Crippen LogP contribution in [0.5, 0.6) is 0 Å². The highest BCUT2D eigenvalue weighted by molar-refractivity contribution is 5.94. The summed E-state index contributed by atoms with van der Waals surface area (Å²) >= 11 is 0. The number of carbonyl (C=O) groups is 5. The van der Waals surface area contributed by atoms with Crippen molar-refractivity contribution in [3.05, 3.63) is 117 Å². The number of hydrogen-bond acceptors (Lipinski definition) is 13. The first kappa shape index (κ1) is 78.1. The van der Waals surface area contributed by atoms with Gasteiger partial charge in [0.05, 0.1) is 48.7 Å². The number of benzene rings is 4. The van der Waals surface area contributed by atoms with E-state index in [2.05, 4.69) is 27.7 Å². The summed E-state index contributed by atoms with van der Waals surface area (Å²) in [4.78, 5) is 62.1. The molecule has 4 aromatic rings. The van der Waals surface area contributed by atoms with Gasteiger partial charge in [0, 0.05) is 43.9 Å². The van der Waals surface area contributed by atoms with Crippen LogP contribution in [0.1, 0.15) is 292 Å². The van der Waals surface area contributed by atoms with Gasteiger partial charge in [-0.25, -0.2) is 24.0 Å². The first-order chi connectivity index (χ1) is 45.3. The molecule has 4 aromatic carbocycles. The second kappa shape index (κ2) is 43.5. The Morgan fingerprint density at radius 2 is 0.702 bits per heavy atom. The lowest BCUT2D eigenvalue weighted by Crippen LogP contribution is -2.27. The van der Waals surface area contributed by atoms with E-state index in [1.807, 2.05) is 105 Å². The van der Waals surface area contributed by atoms with E-state index in [0.29, 0.717) is 60.3 Å². The molecule has 4 N–H and O–H groups in total. The Kier molecular flexibility index (Phi) is 36.1. The number of esters is 4. The maximum Gasteiger partial charge on any atom is 0.412 e. The predicted molar refractivity (Wildman–Crippen MR) is 386 cm³/mol. The maximum absolute atomic E-state index is 12.3. The largest absolute Gasteiger partial charge is 0.462 e. The lowest BCUT2D eigenvalue weighted by Gasteiger charge is -2.24. The summed E-state index contributed by atoms with van der Waals surface area (Å²) in [5.41, 5.74) is 16.3. The Bertz CT molecular complexity index is 2860. The molecule has 4 fully saturated rings. The first-order valence-electron chi connectivity index (χ1n) is 36.7. The normalized spacial score (nSPS) is 16.5. The number of nitrogens with zero attached hydrogens (tertiary/aromatic N) is 1. The average molecular weight is 1300 g/mol. The molecule has 0 spiro atoms. The monoisotopic (exact) mass is 1300 g/mol. The highest BCUT2D eigenvalue weighted by Gasteiger charge is 2.23. The minimum atomic E-state index is -0.581.